The molecule has 0 aromatic heterocycles. The van der Waals surface area contributed by atoms with E-state index in [1.165, 1.54) is 0 Å². The van der Waals surface area contributed by atoms with Gasteiger partial charge in [0, 0.05) is 18.4 Å². The first-order valence-electron chi connectivity index (χ1n) is 9.77. The predicted octanol–water partition coefficient (Wildman–Crippen LogP) is 3.52. The van der Waals surface area contributed by atoms with Gasteiger partial charge in [-0.25, -0.2) is 0 Å². The number of aliphatic hydroxyl groups excluding tert-OH is 1. The van der Waals surface area contributed by atoms with Gasteiger partial charge in [-0.05, 0) is 27.2 Å². The van der Waals surface area contributed by atoms with Crippen molar-refractivity contribution in [2.45, 2.75) is 81.4 Å². The Morgan fingerprint density at radius 3 is 2.59 bits per heavy atom. The quantitative estimate of drug-likeness (QED) is 0.821. The van der Waals surface area contributed by atoms with Crippen molar-refractivity contribution in [3.05, 3.63) is 48.6 Å². The van der Waals surface area contributed by atoms with Crippen LogP contribution in [0.5, 0.6) is 0 Å². The number of ether oxygens (including phenoxy) is 4. The van der Waals surface area contributed by atoms with Gasteiger partial charge < -0.3 is 24.1 Å². The SMILES string of the molecule is C=CC[C@]1(C)O[C@@H]2C[C@@H]3O[C@H](c4ccccc4)OC[C@@]3(C)O[C@@]2(C)C[C@H]1O. The van der Waals surface area contributed by atoms with E-state index in [2.05, 4.69) is 6.58 Å². The molecule has 0 aliphatic carbocycles. The lowest BCUT2D eigenvalue weighted by Crippen LogP contribution is -2.70. The second-order valence-electron chi connectivity index (χ2n) is 8.77. The second-order valence-corrected chi connectivity index (χ2v) is 8.77. The fraction of sp³-hybridized carbons (Fsp3) is 0.636. The van der Waals surface area contributed by atoms with Crippen LogP contribution in [0.4, 0.5) is 0 Å². The van der Waals surface area contributed by atoms with Crippen molar-refractivity contribution in [1.82, 2.24) is 0 Å². The zero-order valence-electron chi connectivity index (χ0n) is 16.4. The molecule has 27 heavy (non-hydrogen) atoms. The third kappa shape index (κ3) is 3.26. The van der Waals surface area contributed by atoms with Gasteiger partial charge in [0.2, 0.25) is 0 Å². The molecule has 3 saturated heterocycles. The minimum absolute atomic E-state index is 0.141. The number of fused-ring (bicyclic) bond motifs is 2. The average molecular weight is 374 g/mol. The molecule has 0 saturated carbocycles. The van der Waals surface area contributed by atoms with Gasteiger partial charge in [0.1, 0.15) is 5.60 Å². The lowest BCUT2D eigenvalue weighted by Gasteiger charge is -2.60. The first kappa shape index (κ1) is 19.1. The van der Waals surface area contributed by atoms with E-state index in [-0.39, 0.29) is 12.2 Å². The topological polar surface area (TPSA) is 57.2 Å². The van der Waals surface area contributed by atoms with E-state index >= 15 is 0 Å². The van der Waals surface area contributed by atoms with Crippen molar-refractivity contribution >= 4 is 0 Å². The third-order valence-corrected chi connectivity index (χ3v) is 6.40. The number of rotatable bonds is 3. The van der Waals surface area contributed by atoms with Crippen molar-refractivity contribution in [2.75, 3.05) is 6.61 Å². The van der Waals surface area contributed by atoms with Crippen LogP contribution in [0.3, 0.4) is 0 Å². The highest BCUT2D eigenvalue weighted by Gasteiger charge is 2.60. The predicted molar refractivity (Wildman–Crippen MR) is 101 cm³/mol. The summed E-state index contributed by atoms with van der Waals surface area (Å²) >= 11 is 0. The van der Waals surface area contributed by atoms with E-state index in [0.717, 1.165) is 5.56 Å². The van der Waals surface area contributed by atoms with Gasteiger partial charge in [0.25, 0.3) is 0 Å². The minimum atomic E-state index is -0.646. The zero-order chi connectivity index (χ0) is 19.3. The van der Waals surface area contributed by atoms with Gasteiger partial charge in [-0.1, -0.05) is 36.4 Å². The molecule has 3 heterocycles. The van der Waals surface area contributed by atoms with Gasteiger partial charge >= 0.3 is 0 Å². The summed E-state index contributed by atoms with van der Waals surface area (Å²) in [5.41, 5.74) is -0.777. The molecule has 0 amide bonds. The largest absolute Gasteiger partial charge is 0.390 e. The van der Waals surface area contributed by atoms with Crippen LogP contribution in [0.1, 0.15) is 51.9 Å². The molecule has 5 heteroatoms. The smallest absolute Gasteiger partial charge is 0.184 e. The molecule has 7 atom stereocenters. The lowest BCUT2D eigenvalue weighted by atomic mass is 9.73. The maximum atomic E-state index is 10.7. The Morgan fingerprint density at radius 1 is 1.15 bits per heavy atom. The van der Waals surface area contributed by atoms with Crippen LogP contribution in [0.2, 0.25) is 0 Å². The van der Waals surface area contributed by atoms with Gasteiger partial charge in [0.15, 0.2) is 6.29 Å². The van der Waals surface area contributed by atoms with Crippen LogP contribution in [0.25, 0.3) is 0 Å². The van der Waals surface area contributed by atoms with Crippen LogP contribution >= 0.6 is 0 Å². The molecule has 4 rings (SSSR count). The summed E-state index contributed by atoms with van der Waals surface area (Å²) in [6, 6.07) is 9.96. The van der Waals surface area contributed by atoms with Gasteiger partial charge in [-0.15, -0.1) is 6.58 Å². The summed E-state index contributed by atoms with van der Waals surface area (Å²) in [7, 11) is 0. The Kier molecular flexibility index (Phi) is 4.72. The Morgan fingerprint density at radius 2 is 1.89 bits per heavy atom. The van der Waals surface area contributed by atoms with E-state index in [4.69, 9.17) is 18.9 Å². The van der Waals surface area contributed by atoms with Crippen LogP contribution in [-0.4, -0.2) is 46.8 Å². The molecule has 5 nitrogen and oxygen atoms in total. The van der Waals surface area contributed by atoms with Gasteiger partial charge in [-0.2, -0.15) is 0 Å². The normalized spacial score (nSPS) is 47.0. The highest BCUT2D eigenvalue weighted by molar-refractivity contribution is 5.17. The maximum Gasteiger partial charge on any atom is 0.184 e. The maximum absolute atomic E-state index is 10.7. The minimum Gasteiger partial charge on any atom is -0.390 e. The van der Waals surface area contributed by atoms with Crippen LogP contribution < -0.4 is 0 Å². The summed E-state index contributed by atoms with van der Waals surface area (Å²) in [4.78, 5) is 0. The number of aliphatic hydroxyl groups is 1. The number of hydrogen-bond donors (Lipinski definition) is 1. The molecule has 3 fully saturated rings. The Labute approximate surface area is 161 Å². The zero-order valence-corrected chi connectivity index (χ0v) is 16.4. The first-order chi connectivity index (χ1) is 12.8. The Balaban J connectivity index is 1.56. The summed E-state index contributed by atoms with van der Waals surface area (Å²) in [6.45, 7) is 10.3. The fourth-order valence-corrected chi connectivity index (χ4v) is 4.71. The van der Waals surface area contributed by atoms with E-state index in [0.29, 0.717) is 25.9 Å². The van der Waals surface area contributed by atoms with Gasteiger partial charge in [-0.3, -0.25) is 0 Å². The van der Waals surface area contributed by atoms with Crippen LogP contribution in [0, 0.1) is 0 Å². The molecule has 3 aliphatic rings. The number of benzene rings is 1. The summed E-state index contributed by atoms with van der Waals surface area (Å²) in [6.07, 6.45) is 2.32. The molecule has 1 aromatic carbocycles. The van der Waals surface area contributed by atoms with Crippen molar-refractivity contribution in [3.63, 3.8) is 0 Å². The van der Waals surface area contributed by atoms with E-state index in [9.17, 15) is 5.11 Å². The summed E-state index contributed by atoms with van der Waals surface area (Å²) < 4.78 is 25.3. The molecule has 0 spiro atoms. The van der Waals surface area contributed by atoms with E-state index < -0.39 is 29.2 Å². The van der Waals surface area contributed by atoms with Gasteiger partial charge in [0.05, 0.1) is 36.1 Å². The fourth-order valence-electron chi connectivity index (χ4n) is 4.71. The standard InChI is InChI=1S/C22H30O5/c1-5-11-20(2)16(23)13-21(3)18(26-20)12-17-22(4,27-21)14-24-19(25-17)15-9-7-6-8-10-15/h5-10,16-19,23H,1,11-14H2,2-4H3/t16-,17+,18-,19-,20+,21+,22-/m1/s1. The number of hydrogen-bond acceptors (Lipinski definition) is 5. The summed E-state index contributed by atoms with van der Waals surface area (Å²) in [5.74, 6) is 0. The molecule has 148 valence electrons. The average Bonchev–Trinajstić information content (AvgIpc) is 2.62. The molecular weight excluding hydrogens is 344 g/mol. The molecular formula is C22H30O5. The second kappa shape index (κ2) is 6.68. The third-order valence-electron chi connectivity index (χ3n) is 6.40. The highest BCUT2D eigenvalue weighted by Crippen LogP contribution is 2.50. The lowest BCUT2D eigenvalue weighted by molar-refractivity contribution is -0.385. The molecule has 0 radical (unpaired) electrons. The molecule has 0 bridgehead atoms. The molecule has 3 aliphatic heterocycles. The van der Waals surface area contributed by atoms with E-state index in [1.54, 1.807) is 6.08 Å². The monoisotopic (exact) mass is 374 g/mol. The first-order valence-corrected chi connectivity index (χ1v) is 9.77. The molecule has 1 N–H and O–H groups in total. The van der Waals surface area contributed by atoms with E-state index in [1.807, 2.05) is 51.1 Å². The Bertz CT molecular complexity index is 693. The van der Waals surface area contributed by atoms with Crippen LogP contribution in [0.15, 0.2) is 43.0 Å². The summed E-state index contributed by atoms with van der Waals surface area (Å²) in [5, 5.41) is 10.7. The highest BCUT2D eigenvalue weighted by atomic mass is 16.7. The molecule has 0 unspecified atom stereocenters. The van der Waals surface area contributed by atoms with Crippen molar-refractivity contribution in [2.24, 2.45) is 0 Å². The molecule has 1 aromatic rings. The van der Waals surface area contributed by atoms with Crippen molar-refractivity contribution < 1.29 is 24.1 Å². The van der Waals surface area contributed by atoms with Crippen molar-refractivity contribution in [1.29, 1.82) is 0 Å². The van der Waals surface area contributed by atoms with Crippen LogP contribution in [-0.2, 0) is 18.9 Å². The Hall–Kier alpha value is -1.24. The van der Waals surface area contributed by atoms with Crippen molar-refractivity contribution in [3.8, 4) is 0 Å².